The van der Waals surface area contributed by atoms with E-state index in [1.165, 1.54) is 12.1 Å². The third-order valence-corrected chi connectivity index (χ3v) is 7.07. The Morgan fingerprint density at radius 1 is 1.06 bits per heavy atom. The molecule has 1 aliphatic rings. The first kappa shape index (κ1) is 22.9. The van der Waals surface area contributed by atoms with Crippen LogP contribution in [0.2, 0.25) is 0 Å². The molecule has 180 valence electrons. The van der Waals surface area contributed by atoms with E-state index in [4.69, 9.17) is 10.5 Å². The molecule has 3 N–H and O–H groups in total. The molecule has 35 heavy (non-hydrogen) atoms. The molecule has 1 aliphatic heterocycles. The van der Waals surface area contributed by atoms with Gasteiger partial charge in [0.1, 0.15) is 22.2 Å². The van der Waals surface area contributed by atoms with Crippen LogP contribution in [0.3, 0.4) is 0 Å². The zero-order valence-corrected chi connectivity index (χ0v) is 20.2. The highest BCUT2D eigenvalue weighted by Gasteiger charge is 2.26. The van der Waals surface area contributed by atoms with Crippen LogP contribution in [0.1, 0.15) is 4.88 Å². The maximum absolute atomic E-state index is 13.5. The summed E-state index contributed by atoms with van der Waals surface area (Å²) in [6, 6.07) is 13.5. The number of anilines is 3. The van der Waals surface area contributed by atoms with Gasteiger partial charge in [0.15, 0.2) is 0 Å². The number of fused-ring (bicyclic) bond motifs is 1. The number of carbonyl (C=O) groups excluding carboxylic acids is 1. The van der Waals surface area contributed by atoms with Gasteiger partial charge in [0.05, 0.1) is 12.5 Å². The molecule has 3 heterocycles. The number of hydrogen-bond donors (Lipinski definition) is 2. The first-order chi connectivity index (χ1) is 16.9. The zero-order chi connectivity index (χ0) is 24.5. The maximum Gasteiger partial charge on any atom is 0.321 e. The molecule has 5 rings (SSSR count). The van der Waals surface area contributed by atoms with Crippen LogP contribution in [0.25, 0.3) is 21.3 Å². The molecule has 2 aromatic heterocycles. The number of urea groups is 1. The lowest BCUT2D eigenvalue weighted by Gasteiger charge is -2.35. The SMILES string of the molecule is COc1ccc(NC(=O)N2CCN(c3nc(N)nc4sc(C)c(-c5ccc(F)cc5)c34)CC2)cc1. The molecule has 0 atom stereocenters. The number of nitrogens with two attached hydrogens (primary N) is 1. The predicted octanol–water partition coefficient (Wildman–Crippen LogP) is 4.75. The van der Waals surface area contributed by atoms with Crippen LogP contribution < -0.4 is 20.7 Å². The number of carbonyl (C=O) groups is 1. The van der Waals surface area contributed by atoms with Crippen molar-refractivity contribution in [1.29, 1.82) is 0 Å². The molecule has 0 spiro atoms. The number of hydrogen-bond acceptors (Lipinski definition) is 7. The molecule has 0 aliphatic carbocycles. The summed E-state index contributed by atoms with van der Waals surface area (Å²) in [5, 5.41) is 3.84. The van der Waals surface area contributed by atoms with Crippen molar-refractivity contribution in [2.24, 2.45) is 0 Å². The third-order valence-electron chi connectivity index (χ3n) is 6.07. The highest BCUT2D eigenvalue weighted by molar-refractivity contribution is 7.19. The van der Waals surface area contributed by atoms with Crippen LogP contribution in [-0.2, 0) is 0 Å². The largest absolute Gasteiger partial charge is 0.497 e. The minimum Gasteiger partial charge on any atom is -0.497 e. The van der Waals surface area contributed by atoms with E-state index in [-0.39, 0.29) is 17.8 Å². The Morgan fingerprint density at radius 2 is 1.74 bits per heavy atom. The molecule has 8 nitrogen and oxygen atoms in total. The fraction of sp³-hybridized carbons (Fsp3) is 0.240. The molecule has 10 heteroatoms. The van der Waals surface area contributed by atoms with Gasteiger partial charge in [-0.2, -0.15) is 4.98 Å². The zero-order valence-electron chi connectivity index (χ0n) is 19.4. The minimum absolute atomic E-state index is 0.152. The van der Waals surface area contributed by atoms with Crippen molar-refractivity contribution in [2.75, 3.05) is 49.2 Å². The summed E-state index contributed by atoms with van der Waals surface area (Å²) in [5.41, 5.74) is 8.66. The number of rotatable bonds is 4. The molecule has 1 fully saturated rings. The van der Waals surface area contributed by atoms with Gasteiger partial charge in [-0.15, -0.1) is 11.3 Å². The Balaban J connectivity index is 1.37. The number of aryl methyl sites for hydroxylation is 1. The Labute approximate surface area is 206 Å². The average Bonchev–Trinajstić information content (AvgIpc) is 3.20. The van der Waals surface area contributed by atoms with Crippen molar-refractivity contribution >= 4 is 45.0 Å². The van der Waals surface area contributed by atoms with Crippen LogP contribution in [0.5, 0.6) is 5.75 Å². The Hall–Kier alpha value is -3.92. The number of nitrogens with one attached hydrogen (secondary N) is 1. The predicted molar refractivity (Wildman–Crippen MR) is 138 cm³/mol. The normalized spacial score (nSPS) is 13.8. The summed E-state index contributed by atoms with van der Waals surface area (Å²) < 4.78 is 18.7. The summed E-state index contributed by atoms with van der Waals surface area (Å²) in [7, 11) is 1.60. The molecule has 2 aromatic carbocycles. The third kappa shape index (κ3) is 4.57. The number of methoxy groups -OCH3 is 1. The van der Waals surface area contributed by atoms with Crippen molar-refractivity contribution in [3.8, 4) is 16.9 Å². The highest BCUT2D eigenvalue weighted by Crippen LogP contribution is 2.42. The van der Waals surface area contributed by atoms with Crippen molar-refractivity contribution in [1.82, 2.24) is 14.9 Å². The van der Waals surface area contributed by atoms with E-state index in [0.29, 0.717) is 31.9 Å². The molecule has 0 unspecified atom stereocenters. The fourth-order valence-electron chi connectivity index (χ4n) is 4.30. The topological polar surface area (TPSA) is 96.6 Å². The molecule has 0 bridgehead atoms. The standard InChI is InChI=1S/C25H25FN6O2S/c1-15-20(16-3-5-17(26)6-4-16)21-22(29-24(27)30-23(21)35-15)31-11-13-32(14-12-31)25(33)28-18-7-9-19(34-2)10-8-18/h3-10H,11-14H2,1-2H3,(H,28,33)(H2,27,29,30). The summed E-state index contributed by atoms with van der Waals surface area (Å²) in [6.07, 6.45) is 0. The maximum atomic E-state index is 13.5. The van der Waals surface area contributed by atoms with Gasteiger partial charge in [0.2, 0.25) is 5.95 Å². The van der Waals surface area contributed by atoms with E-state index in [9.17, 15) is 9.18 Å². The van der Waals surface area contributed by atoms with E-state index >= 15 is 0 Å². The number of benzene rings is 2. The fourth-order valence-corrected chi connectivity index (χ4v) is 5.35. The van der Waals surface area contributed by atoms with Crippen molar-refractivity contribution in [2.45, 2.75) is 6.92 Å². The number of halogens is 1. The van der Waals surface area contributed by atoms with Gasteiger partial charge in [0, 0.05) is 42.3 Å². The number of nitrogen functional groups attached to an aromatic ring is 1. The molecular formula is C25H25FN6O2S. The van der Waals surface area contributed by atoms with Gasteiger partial charge in [-0.1, -0.05) is 12.1 Å². The summed E-state index contributed by atoms with van der Waals surface area (Å²) in [4.78, 5) is 27.6. The number of thiophene rings is 1. The van der Waals surface area contributed by atoms with Gasteiger partial charge < -0.3 is 25.6 Å². The van der Waals surface area contributed by atoms with Crippen LogP contribution in [-0.4, -0.2) is 54.2 Å². The Bertz CT molecular complexity index is 1370. The van der Waals surface area contributed by atoms with Crippen LogP contribution >= 0.6 is 11.3 Å². The summed E-state index contributed by atoms with van der Waals surface area (Å²) in [5.74, 6) is 1.40. The lowest BCUT2D eigenvalue weighted by molar-refractivity contribution is 0.208. The second kappa shape index (κ2) is 9.38. The van der Waals surface area contributed by atoms with E-state index < -0.39 is 0 Å². The van der Waals surface area contributed by atoms with Crippen LogP contribution in [0.15, 0.2) is 48.5 Å². The van der Waals surface area contributed by atoms with Gasteiger partial charge in [-0.25, -0.2) is 14.2 Å². The number of aromatic nitrogens is 2. The molecule has 2 amide bonds. The van der Waals surface area contributed by atoms with Crippen molar-refractivity contribution in [3.63, 3.8) is 0 Å². The lowest BCUT2D eigenvalue weighted by Crippen LogP contribution is -2.50. The number of amides is 2. The van der Waals surface area contributed by atoms with E-state index in [2.05, 4.69) is 20.2 Å². The van der Waals surface area contributed by atoms with Crippen molar-refractivity contribution in [3.05, 3.63) is 59.2 Å². The molecule has 4 aromatic rings. The number of ether oxygens (including phenoxy) is 1. The van der Waals surface area contributed by atoms with E-state index in [1.807, 2.05) is 19.1 Å². The van der Waals surface area contributed by atoms with Gasteiger partial charge in [-0.3, -0.25) is 0 Å². The summed E-state index contributed by atoms with van der Waals surface area (Å²) >= 11 is 1.54. The van der Waals surface area contributed by atoms with Crippen LogP contribution in [0.4, 0.5) is 26.6 Å². The monoisotopic (exact) mass is 492 g/mol. The van der Waals surface area contributed by atoms with Crippen molar-refractivity contribution < 1.29 is 13.9 Å². The minimum atomic E-state index is -0.282. The number of nitrogens with zero attached hydrogens (tertiary/aromatic N) is 4. The van der Waals surface area contributed by atoms with E-state index in [0.717, 1.165) is 37.8 Å². The quantitative estimate of drug-likeness (QED) is 0.427. The first-order valence-corrected chi connectivity index (χ1v) is 12.0. The van der Waals surface area contributed by atoms with Gasteiger partial charge >= 0.3 is 6.03 Å². The Kier molecular flexibility index (Phi) is 6.12. The Morgan fingerprint density at radius 3 is 2.40 bits per heavy atom. The summed E-state index contributed by atoms with van der Waals surface area (Å²) in [6.45, 7) is 4.27. The molecular weight excluding hydrogens is 467 g/mol. The smallest absolute Gasteiger partial charge is 0.321 e. The second-order valence-corrected chi connectivity index (χ2v) is 9.46. The second-order valence-electron chi connectivity index (χ2n) is 8.26. The van der Waals surface area contributed by atoms with E-state index in [1.54, 1.807) is 47.6 Å². The molecule has 0 radical (unpaired) electrons. The average molecular weight is 493 g/mol. The van der Waals surface area contributed by atoms with Gasteiger partial charge in [0.25, 0.3) is 0 Å². The number of piperazine rings is 1. The lowest BCUT2D eigenvalue weighted by atomic mass is 10.0. The van der Waals surface area contributed by atoms with Crippen LogP contribution in [0, 0.1) is 12.7 Å². The highest BCUT2D eigenvalue weighted by atomic mass is 32.1. The first-order valence-electron chi connectivity index (χ1n) is 11.2. The van der Waals surface area contributed by atoms with Gasteiger partial charge in [-0.05, 0) is 48.9 Å². The molecule has 0 saturated carbocycles. The molecule has 1 saturated heterocycles.